The summed E-state index contributed by atoms with van der Waals surface area (Å²) >= 11 is 5.97. The fourth-order valence-electron chi connectivity index (χ4n) is 2.46. The Morgan fingerprint density at radius 2 is 1.96 bits per heavy atom. The second kappa shape index (κ2) is 10.9. The van der Waals surface area contributed by atoms with Gasteiger partial charge in [0.05, 0.1) is 32.4 Å². The number of carbonyl (C=O) groups is 2. The molecule has 2 N–H and O–H groups in total. The summed E-state index contributed by atoms with van der Waals surface area (Å²) in [6.07, 6.45) is 0.850. The van der Waals surface area contributed by atoms with Crippen LogP contribution in [0.15, 0.2) is 53.6 Å². The lowest BCUT2D eigenvalue weighted by Crippen LogP contribution is -2.33. The minimum Gasteiger partial charge on any atom is -0.496 e. The van der Waals surface area contributed by atoms with E-state index < -0.39 is 12.1 Å². The molecule has 0 heterocycles. The van der Waals surface area contributed by atoms with Gasteiger partial charge >= 0.3 is 6.09 Å². The molecule has 0 aliphatic rings. The van der Waals surface area contributed by atoms with Crippen LogP contribution in [0.5, 0.6) is 5.75 Å². The number of amides is 2. The molecular weight excluding hydrogens is 382 g/mol. The molecule has 8 heteroatoms. The lowest BCUT2D eigenvalue weighted by molar-refractivity contribution is -0.121. The number of carbonyl (C=O) groups excluding carboxylic acids is 2. The second-order valence-electron chi connectivity index (χ2n) is 5.71. The minimum atomic E-state index is -0.587. The van der Waals surface area contributed by atoms with Gasteiger partial charge in [-0.2, -0.15) is 5.10 Å². The van der Waals surface area contributed by atoms with Crippen molar-refractivity contribution in [3.63, 3.8) is 0 Å². The van der Waals surface area contributed by atoms with Crippen LogP contribution >= 0.6 is 11.6 Å². The molecule has 0 radical (unpaired) electrons. The van der Waals surface area contributed by atoms with Crippen LogP contribution in [0.3, 0.4) is 0 Å². The first kappa shape index (κ1) is 21.2. The Labute approximate surface area is 168 Å². The number of nitrogens with one attached hydrogen (secondary N) is 2. The monoisotopic (exact) mass is 403 g/mol. The quantitative estimate of drug-likeness (QED) is 0.519. The van der Waals surface area contributed by atoms with Crippen LogP contribution in [0.2, 0.25) is 5.02 Å². The van der Waals surface area contributed by atoms with Gasteiger partial charge in [0.2, 0.25) is 5.91 Å². The van der Waals surface area contributed by atoms with E-state index in [2.05, 4.69) is 15.8 Å². The van der Waals surface area contributed by atoms with E-state index in [9.17, 15) is 9.59 Å². The van der Waals surface area contributed by atoms with E-state index in [-0.39, 0.29) is 18.9 Å². The van der Waals surface area contributed by atoms with Gasteiger partial charge in [0, 0.05) is 10.6 Å². The molecule has 28 heavy (non-hydrogen) atoms. The Morgan fingerprint density at radius 3 is 2.64 bits per heavy atom. The second-order valence-corrected chi connectivity index (χ2v) is 6.15. The Bertz CT molecular complexity index is 827. The van der Waals surface area contributed by atoms with Crippen LogP contribution in [-0.2, 0) is 9.53 Å². The van der Waals surface area contributed by atoms with Gasteiger partial charge in [-0.1, -0.05) is 41.9 Å². The van der Waals surface area contributed by atoms with Crippen LogP contribution in [0, 0.1) is 0 Å². The number of alkyl carbamates (subject to hydrolysis) is 1. The average Bonchev–Trinajstić information content (AvgIpc) is 2.68. The fraction of sp³-hybridized carbons (Fsp3) is 0.250. The van der Waals surface area contributed by atoms with Gasteiger partial charge in [0.15, 0.2) is 0 Å². The van der Waals surface area contributed by atoms with E-state index in [4.69, 9.17) is 21.1 Å². The van der Waals surface area contributed by atoms with Crippen LogP contribution in [-0.4, -0.2) is 31.9 Å². The molecule has 0 spiro atoms. The van der Waals surface area contributed by atoms with Crippen LogP contribution < -0.4 is 15.5 Å². The SMILES string of the molecule is CCOC(=O)N[C@H](CC(=O)N/N=C\c1cc(Cl)ccc1OC)c1ccccc1. The highest BCUT2D eigenvalue weighted by Gasteiger charge is 2.18. The summed E-state index contributed by atoms with van der Waals surface area (Å²) in [5, 5.41) is 7.16. The third kappa shape index (κ3) is 6.59. The van der Waals surface area contributed by atoms with Gasteiger partial charge in [-0.15, -0.1) is 0 Å². The number of hydrogen-bond acceptors (Lipinski definition) is 5. The highest BCUT2D eigenvalue weighted by Crippen LogP contribution is 2.21. The van der Waals surface area contributed by atoms with Crippen molar-refractivity contribution in [3.8, 4) is 5.75 Å². The fourth-order valence-corrected chi connectivity index (χ4v) is 2.64. The largest absolute Gasteiger partial charge is 0.496 e. The lowest BCUT2D eigenvalue weighted by Gasteiger charge is -2.18. The van der Waals surface area contributed by atoms with Crippen LogP contribution in [0.1, 0.15) is 30.5 Å². The van der Waals surface area contributed by atoms with Gasteiger partial charge < -0.3 is 14.8 Å². The predicted octanol–water partition coefficient (Wildman–Crippen LogP) is 3.68. The number of nitrogens with zero attached hydrogens (tertiary/aromatic N) is 1. The molecule has 2 rings (SSSR count). The summed E-state index contributed by atoms with van der Waals surface area (Å²) < 4.78 is 10.1. The zero-order chi connectivity index (χ0) is 20.4. The molecule has 2 aromatic carbocycles. The normalized spacial score (nSPS) is 11.7. The molecule has 0 aliphatic heterocycles. The number of methoxy groups -OCH3 is 1. The topological polar surface area (TPSA) is 89.0 Å². The summed E-state index contributed by atoms with van der Waals surface area (Å²) in [4.78, 5) is 24.1. The molecule has 1 atom stereocenters. The zero-order valence-electron chi connectivity index (χ0n) is 15.6. The van der Waals surface area contributed by atoms with Gasteiger partial charge in [0.25, 0.3) is 0 Å². The maximum absolute atomic E-state index is 12.3. The molecular formula is C20H22ClN3O4. The molecule has 148 valence electrons. The van der Waals surface area contributed by atoms with Crippen molar-refractivity contribution in [1.29, 1.82) is 0 Å². The predicted molar refractivity (Wildman–Crippen MR) is 108 cm³/mol. The molecule has 7 nitrogen and oxygen atoms in total. The number of halogens is 1. The average molecular weight is 404 g/mol. The van der Waals surface area contributed by atoms with Crippen molar-refractivity contribution in [3.05, 3.63) is 64.7 Å². The Hall–Kier alpha value is -3.06. The molecule has 2 amide bonds. The molecule has 0 fully saturated rings. The van der Waals surface area contributed by atoms with Crippen molar-refractivity contribution in [2.45, 2.75) is 19.4 Å². The first-order valence-corrected chi connectivity index (χ1v) is 9.05. The zero-order valence-corrected chi connectivity index (χ0v) is 16.4. The number of hydrogen-bond donors (Lipinski definition) is 2. The van der Waals surface area contributed by atoms with Gasteiger partial charge in [-0.25, -0.2) is 10.2 Å². The third-order valence-electron chi connectivity index (χ3n) is 3.74. The maximum Gasteiger partial charge on any atom is 0.407 e. The third-order valence-corrected chi connectivity index (χ3v) is 3.98. The Balaban J connectivity index is 2.03. The van der Waals surface area contributed by atoms with Crippen molar-refractivity contribution in [2.75, 3.05) is 13.7 Å². The van der Waals surface area contributed by atoms with Gasteiger partial charge in [0.1, 0.15) is 5.75 Å². The lowest BCUT2D eigenvalue weighted by atomic mass is 10.0. The number of rotatable bonds is 8. The first-order chi connectivity index (χ1) is 13.5. The van der Waals surface area contributed by atoms with Gasteiger partial charge in [-0.3, -0.25) is 4.79 Å². The number of ether oxygens (including phenoxy) is 2. The molecule has 0 saturated heterocycles. The van der Waals surface area contributed by atoms with Crippen LogP contribution in [0.25, 0.3) is 0 Å². The Morgan fingerprint density at radius 1 is 1.21 bits per heavy atom. The summed E-state index contributed by atoms with van der Waals surface area (Å²) in [6.45, 7) is 1.95. The van der Waals surface area contributed by atoms with Crippen molar-refractivity contribution >= 4 is 29.8 Å². The van der Waals surface area contributed by atoms with E-state index in [1.165, 1.54) is 13.3 Å². The van der Waals surface area contributed by atoms with E-state index in [1.807, 2.05) is 30.3 Å². The molecule has 0 aliphatic carbocycles. The molecule has 0 unspecified atom stereocenters. The van der Waals surface area contributed by atoms with E-state index in [0.29, 0.717) is 16.3 Å². The number of hydrazone groups is 1. The highest BCUT2D eigenvalue weighted by atomic mass is 35.5. The van der Waals surface area contributed by atoms with Gasteiger partial charge in [-0.05, 0) is 30.7 Å². The summed E-state index contributed by atoms with van der Waals surface area (Å²) in [5.41, 5.74) is 3.86. The summed E-state index contributed by atoms with van der Waals surface area (Å²) in [6, 6.07) is 13.7. The summed E-state index contributed by atoms with van der Waals surface area (Å²) in [7, 11) is 1.53. The summed E-state index contributed by atoms with van der Waals surface area (Å²) in [5.74, 6) is 0.205. The van der Waals surface area contributed by atoms with Crippen LogP contribution in [0.4, 0.5) is 4.79 Å². The Kier molecular flexibility index (Phi) is 8.30. The van der Waals surface area contributed by atoms with Crippen molar-refractivity contribution in [2.24, 2.45) is 5.10 Å². The standard InChI is InChI=1S/C20H22ClN3O4/c1-3-28-20(26)23-17(14-7-5-4-6-8-14)12-19(25)24-22-13-15-11-16(21)9-10-18(15)27-2/h4-11,13,17H,3,12H2,1-2H3,(H,23,26)(H,24,25)/b22-13-/t17-/m1/s1. The molecule has 0 aromatic heterocycles. The van der Waals surface area contributed by atoms with E-state index in [1.54, 1.807) is 25.1 Å². The first-order valence-electron chi connectivity index (χ1n) is 8.67. The number of benzene rings is 2. The molecule has 0 saturated carbocycles. The highest BCUT2D eigenvalue weighted by molar-refractivity contribution is 6.30. The molecule has 0 bridgehead atoms. The van der Waals surface area contributed by atoms with Crippen molar-refractivity contribution in [1.82, 2.24) is 10.7 Å². The van der Waals surface area contributed by atoms with E-state index in [0.717, 1.165) is 5.56 Å². The van der Waals surface area contributed by atoms with Crippen molar-refractivity contribution < 1.29 is 19.1 Å². The smallest absolute Gasteiger partial charge is 0.407 e. The van der Waals surface area contributed by atoms with E-state index >= 15 is 0 Å². The molecule has 2 aromatic rings. The maximum atomic E-state index is 12.3. The minimum absolute atomic E-state index is 0.00709.